The minimum absolute atomic E-state index is 0.00318. The fourth-order valence-electron chi connectivity index (χ4n) is 6.95. The van der Waals surface area contributed by atoms with E-state index >= 15 is 0 Å². The third-order valence-corrected chi connectivity index (χ3v) is 10.8. The van der Waals surface area contributed by atoms with Crippen molar-refractivity contribution in [2.45, 2.75) is 52.4 Å². The van der Waals surface area contributed by atoms with E-state index in [0.29, 0.717) is 17.5 Å². The zero-order valence-corrected chi connectivity index (χ0v) is 27.0. The Morgan fingerprint density at radius 2 is 0.711 bits per heavy atom. The molecule has 0 aliphatic heterocycles. The Hall–Kier alpha value is -4.89. The zero-order chi connectivity index (χ0) is 31.4. The summed E-state index contributed by atoms with van der Waals surface area (Å²) >= 11 is 0. The molecule has 3 nitrogen and oxygen atoms in total. The van der Waals surface area contributed by atoms with Gasteiger partial charge in [-0.25, -0.2) is 15.0 Å². The molecule has 1 aliphatic carbocycles. The van der Waals surface area contributed by atoms with Gasteiger partial charge in [0.05, 0.1) is 0 Å². The summed E-state index contributed by atoms with van der Waals surface area (Å²) in [6, 6.07) is 44.7. The highest BCUT2D eigenvalue weighted by molar-refractivity contribution is 5.87. The summed E-state index contributed by atoms with van der Waals surface area (Å²) in [6.07, 6.45) is 0. The molecule has 0 saturated carbocycles. The first kappa shape index (κ1) is 28.9. The SMILES string of the molecule is CC1(C)c2cc(-c3ccccc3)c(-c3cccc(-c4nc(-c5ccccc5)nc(-c5ccccc5)n4)c3)cc2C(C)(C)C1(C)C. The minimum Gasteiger partial charge on any atom is -0.208 e. The standard InChI is InChI=1S/C42H39N3/c1-40(2)35-26-33(28-17-10-7-11-18-28)34(27-36(35)41(3,4)42(40,5)6)31-23-16-24-32(25-31)39-44-37(29-19-12-8-13-20-29)43-38(45-39)30-21-14-9-15-22-30/h7-27H,1-6H3. The van der Waals surface area contributed by atoms with Crippen LogP contribution in [0, 0.1) is 5.41 Å². The molecule has 0 bridgehead atoms. The van der Waals surface area contributed by atoms with Gasteiger partial charge in [0, 0.05) is 16.7 Å². The first-order valence-electron chi connectivity index (χ1n) is 15.8. The van der Waals surface area contributed by atoms with Crippen molar-refractivity contribution in [3.8, 4) is 56.4 Å². The number of aromatic nitrogens is 3. The van der Waals surface area contributed by atoms with Gasteiger partial charge in [-0.2, -0.15) is 0 Å². The normalized spacial score (nSPS) is 15.9. The van der Waals surface area contributed by atoms with Crippen LogP contribution >= 0.6 is 0 Å². The predicted molar refractivity (Wildman–Crippen MR) is 187 cm³/mol. The van der Waals surface area contributed by atoms with Crippen molar-refractivity contribution < 1.29 is 0 Å². The summed E-state index contributed by atoms with van der Waals surface area (Å²) < 4.78 is 0. The van der Waals surface area contributed by atoms with Crippen molar-refractivity contribution in [1.82, 2.24) is 15.0 Å². The largest absolute Gasteiger partial charge is 0.208 e. The van der Waals surface area contributed by atoms with Crippen molar-refractivity contribution in [1.29, 1.82) is 0 Å². The smallest absolute Gasteiger partial charge is 0.164 e. The van der Waals surface area contributed by atoms with Crippen LogP contribution in [0.5, 0.6) is 0 Å². The summed E-state index contributed by atoms with van der Waals surface area (Å²) in [6.45, 7) is 14.5. The van der Waals surface area contributed by atoms with Crippen LogP contribution in [0.1, 0.15) is 52.7 Å². The first-order chi connectivity index (χ1) is 21.6. The van der Waals surface area contributed by atoms with Crippen LogP contribution in [-0.4, -0.2) is 15.0 Å². The van der Waals surface area contributed by atoms with Gasteiger partial charge < -0.3 is 0 Å². The van der Waals surface area contributed by atoms with Crippen molar-refractivity contribution in [3.05, 3.63) is 139 Å². The van der Waals surface area contributed by atoms with Crippen molar-refractivity contribution >= 4 is 0 Å². The molecular formula is C42H39N3. The number of nitrogens with zero attached hydrogens (tertiary/aromatic N) is 3. The molecule has 0 amide bonds. The van der Waals surface area contributed by atoms with Crippen LogP contribution in [0.15, 0.2) is 127 Å². The van der Waals surface area contributed by atoms with Gasteiger partial charge in [0.1, 0.15) is 0 Å². The Kier molecular flexibility index (Phi) is 6.81. The second-order valence-corrected chi connectivity index (χ2v) is 13.8. The third kappa shape index (κ3) is 4.69. The number of benzene rings is 5. The summed E-state index contributed by atoms with van der Waals surface area (Å²) in [5.41, 5.74) is 10.7. The van der Waals surface area contributed by atoms with Crippen molar-refractivity contribution in [2.24, 2.45) is 5.41 Å². The molecule has 0 unspecified atom stereocenters. The molecule has 0 radical (unpaired) electrons. The fourth-order valence-corrected chi connectivity index (χ4v) is 6.95. The van der Waals surface area contributed by atoms with E-state index in [2.05, 4.69) is 108 Å². The third-order valence-electron chi connectivity index (χ3n) is 10.8. The van der Waals surface area contributed by atoms with Crippen LogP contribution < -0.4 is 0 Å². The molecule has 1 aromatic heterocycles. The number of hydrogen-bond donors (Lipinski definition) is 0. The van der Waals surface area contributed by atoms with E-state index in [-0.39, 0.29) is 16.2 Å². The highest BCUT2D eigenvalue weighted by Crippen LogP contribution is 2.62. The van der Waals surface area contributed by atoms with E-state index in [4.69, 9.17) is 15.0 Å². The average Bonchev–Trinajstić information content (AvgIpc) is 3.18. The Labute approximate surface area is 267 Å². The maximum atomic E-state index is 5.01. The van der Waals surface area contributed by atoms with Crippen molar-refractivity contribution in [2.75, 3.05) is 0 Å². The zero-order valence-electron chi connectivity index (χ0n) is 27.0. The highest BCUT2D eigenvalue weighted by Gasteiger charge is 2.57. The molecule has 6 aromatic rings. The maximum Gasteiger partial charge on any atom is 0.164 e. The van der Waals surface area contributed by atoms with Gasteiger partial charge in [-0.3, -0.25) is 0 Å². The first-order valence-corrected chi connectivity index (χ1v) is 15.8. The van der Waals surface area contributed by atoms with Gasteiger partial charge >= 0.3 is 0 Å². The summed E-state index contributed by atoms with van der Waals surface area (Å²) in [7, 11) is 0. The summed E-state index contributed by atoms with van der Waals surface area (Å²) in [5, 5.41) is 0. The molecule has 7 rings (SSSR count). The Morgan fingerprint density at radius 1 is 0.356 bits per heavy atom. The van der Waals surface area contributed by atoms with E-state index in [0.717, 1.165) is 22.3 Å². The van der Waals surface area contributed by atoms with E-state index < -0.39 is 0 Å². The van der Waals surface area contributed by atoms with E-state index in [1.807, 2.05) is 60.7 Å². The molecule has 5 aromatic carbocycles. The average molecular weight is 586 g/mol. The molecular weight excluding hydrogens is 546 g/mol. The Balaban J connectivity index is 1.44. The number of rotatable bonds is 5. The van der Waals surface area contributed by atoms with Gasteiger partial charge in [0.2, 0.25) is 0 Å². The lowest BCUT2D eigenvalue weighted by Crippen LogP contribution is -2.42. The number of hydrogen-bond acceptors (Lipinski definition) is 3. The summed E-state index contributed by atoms with van der Waals surface area (Å²) in [4.78, 5) is 14.9. The topological polar surface area (TPSA) is 38.7 Å². The quantitative estimate of drug-likeness (QED) is 0.202. The van der Waals surface area contributed by atoms with Crippen LogP contribution in [0.25, 0.3) is 56.4 Å². The molecule has 222 valence electrons. The van der Waals surface area contributed by atoms with Gasteiger partial charge in [-0.15, -0.1) is 0 Å². The number of fused-ring (bicyclic) bond motifs is 1. The molecule has 3 heteroatoms. The molecule has 0 fully saturated rings. The molecule has 1 heterocycles. The Morgan fingerprint density at radius 3 is 1.18 bits per heavy atom. The minimum atomic E-state index is -0.00318. The molecule has 0 atom stereocenters. The predicted octanol–water partition coefficient (Wildman–Crippen LogP) is 10.8. The molecule has 0 N–H and O–H groups in total. The van der Waals surface area contributed by atoms with Crippen LogP contribution in [0.3, 0.4) is 0 Å². The van der Waals surface area contributed by atoms with Gasteiger partial charge in [-0.05, 0) is 67.8 Å². The molecule has 0 spiro atoms. The molecule has 0 saturated heterocycles. The lowest BCUT2D eigenvalue weighted by atomic mass is 9.59. The fraction of sp³-hybridized carbons (Fsp3) is 0.214. The molecule has 45 heavy (non-hydrogen) atoms. The van der Waals surface area contributed by atoms with Crippen LogP contribution in [0.4, 0.5) is 0 Å². The van der Waals surface area contributed by atoms with Gasteiger partial charge in [0.25, 0.3) is 0 Å². The lowest BCUT2D eigenvalue weighted by Gasteiger charge is -2.44. The Bertz CT molecular complexity index is 1950. The summed E-state index contributed by atoms with van der Waals surface area (Å²) in [5.74, 6) is 1.99. The maximum absolute atomic E-state index is 5.01. The monoisotopic (exact) mass is 585 g/mol. The van der Waals surface area contributed by atoms with Gasteiger partial charge in [-0.1, -0.05) is 151 Å². The van der Waals surface area contributed by atoms with E-state index in [9.17, 15) is 0 Å². The van der Waals surface area contributed by atoms with E-state index in [1.165, 1.54) is 27.8 Å². The lowest BCUT2D eigenvalue weighted by molar-refractivity contribution is 0.125. The van der Waals surface area contributed by atoms with Crippen molar-refractivity contribution in [3.63, 3.8) is 0 Å². The van der Waals surface area contributed by atoms with Crippen LogP contribution in [-0.2, 0) is 10.8 Å². The van der Waals surface area contributed by atoms with Gasteiger partial charge in [0.15, 0.2) is 17.5 Å². The second kappa shape index (κ2) is 10.6. The molecule has 1 aliphatic rings. The highest BCUT2D eigenvalue weighted by atomic mass is 15.0. The second-order valence-electron chi connectivity index (χ2n) is 13.8. The van der Waals surface area contributed by atoms with E-state index in [1.54, 1.807) is 0 Å². The van der Waals surface area contributed by atoms with Crippen LogP contribution in [0.2, 0.25) is 0 Å².